The number of fused-ring (bicyclic) bond motifs is 1. The van der Waals surface area contributed by atoms with Gasteiger partial charge in [0.05, 0.1) is 45.2 Å². The maximum absolute atomic E-state index is 12.3. The van der Waals surface area contributed by atoms with Gasteiger partial charge < -0.3 is 33.4 Å². The fourth-order valence-corrected chi connectivity index (χ4v) is 5.53. The number of hydrogen-bond acceptors (Lipinski definition) is 8. The van der Waals surface area contributed by atoms with E-state index >= 15 is 0 Å². The van der Waals surface area contributed by atoms with E-state index < -0.39 is 0 Å². The lowest BCUT2D eigenvalue weighted by Crippen LogP contribution is -2.40. The molecule has 9 nitrogen and oxygen atoms in total. The number of nitrogens with zero attached hydrogens (tertiary/aromatic N) is 1. The molecule has 0 radical (unpaired) electrons. The second kappa shape index (κ2) is 15.7. The highest BCUT2D eigenvalue weighted by molar-refractivity contribution is 5.73. The minimum atomic E-state index is -0.342. The molecule has 0 aliphatic carbocycles. The highest BCUT2D eigenvalue weighted by atomic mass is 16.5. The summed E-state index contributed by atoms with van der Waals surface area (Å²) in [5.41, 5.74) is 4.68. The number of hydrogen-bond donors (Lipinski definition) is 1. The third-order valence-electron chi connectivity index (χ3n) is 7.81. The first-order valence-corrected chi connectivity index (χ1v) is 15.0. The summed E-state index contributed by atoms with van der Waals surface area (Å²) in [6, 6.07) is 22.1. The predicted molar refractivity (Wildman–Crippen MR) is 165 cm³/mol. The summed E-state index contributed by atoms with van der Waals surface area (Å²) in [4.78, 5) is 12.3. The summed E-state index contributed by atoms with van der Waals surface area (Å²) in [5.74, 6) is 1.64. The maximum Gasteiger partial charge on any atom is 0.419 e. The van der Waals surface area contributed by atoms with Gasteiger partial charge in [0, 0.05) is 44.7 Å². The van der Waals surface area contributed by atoms with E-state index in [2.05, 4.69) is 17.4 Å². The van der Waals surface area contributed by atoms with Gasteiger partial charge in [0.2, 0.25) is 0 Å². The van der Waals surface area contributed by atoms with Crippen LogP contribution in [0.2, 0.25) is 0 Å². The van der Waals surface area contributed by atoms with Crippen LogP contribution in [0, 0.1) is 0 Å². The fraction of sp³-hybridized carbons (Fsp3) is 0.441. The van der Waals surface area contributed by atoms with Crippen LogP contribution < -0.4 is 20.5 Å². The molecule has 1 aliphatic heterocycles. The van der Waals surface area contributed by atoms with Crippen molar-refractivity contribution in [2.24, 2.45) is 0 Å². The number of para-hydroxylation sites is 1. The van der Waals surface area contributed by atoms with Crippen molar-refractivity contribution in [1.82, 2.24) is 9.88 Å². The van der Waals surface area contributed by atoms with Gasteiger partial charge in [-0.3, -0.25) is 4.57 Å². The van der Waals surface area contributed by atoms with Gasteiger partial charge in [-0.15, -0.1) is 0 Å². The van der Waals surface area contributed by atoms with Crippen LogP contribution in [-0.4, -0.2) is 57.8 Å². The maximum atomic E-state index is 12.3. The van der Waals surface area contributed by atoms with E-state index in [0.717, 1.165) is 60.5 Å². The molecule has 0 unspecified atom stereocenters. The van der Waals surface area contributed by atoms with E-state index in [1.165, 1.54) is 5.56 Å². The molecule has 1 aliphatic rings. The van der Waals surface area contributed by atoms with Crippen molar-refractivity contribution in [1.29, 1.82) is 0 Å². The third kappa shape index (κ3) is 8.26. The monoisotopic (exact) mass is 590 g/mol. The summed E-state index contributed by atoms with van der Waals surface area (Å²) in [6.45, 7) is 5.05. The zero-order chi connectivity index (χ0) is 29.9. The van der Waals surface area contributed by atoms with Crippen LogP contribution in [-0.2, 0) is 34.0 Å². The molecule has 0 bridgehead atoms. The Kier molecular flexibility index (Phi) is 11.3. The lowest BCUT2D eigenvalue weighted by Gasteiger charge is -2.32. The molecule has 4 aromatic rings. The normalized spacial score (nSPS) is 16.9. The van der Waals surface area contributed by atoms with E-state index in [4.69, 9.17) is 28.1 Å². The lowest BCUT2D eigenvalue weighted by molar-refractivity contribution is 0.0106. The summed E-state index contributed by atoms with van der Waals surface area (Å²) < 4.78 is 35.8. The van der Waals surface area contributed by atoms with E-state index in [0.29, 0.717) is 45.2 Å². The van der Waals surface area contributed by atoms with Gasteiger partial charge >= 0.3 is 5.76 Å². The van der Waals surface area contributed by atoms with Gasteiger partial charge in [0.25, 0.3) is 0 Å². The van der Waals surface area contributed by atoms with Crippen LogP contribution in [0.5, 0.6) is 11.5 Å². The van der Waals surface area contributed by atoms with Crippen molar-refractivity contribution < 1.29 is 28.1 Å². The predicted octanol–water partition coefficient (Wildman–Crippen LogP) is 5.29. The average molecular weight is 591 g/mol. The van der Waals surface area contributed by atoms with Crippen LogP contribution >= 0.6 is 0 Å². The largest absolute Gasteiger partial charge is 0.496 e. The van der Waals surface area contributed by atoms with Crippen LogP contribution in [0.3, 0.4) is 0 Å². The van der Waals surface area contributed by atoms with E-state index in [1.54, 1.807) is 18.8 Å². The summed E-state index contributed by atoms with van der Waals surface area (Å²) in [6.07, 6.45) is 2.57. The molecule has 0 saturated carbocycles. The van der Waals surface area contributed by atoms with E-state index in [-0.39, 0.29) is 17.8 Å². The minimum absolute atomic E-state index is 0.0323. The first-order valence-electron chi connectivity index (χ1n) is 15.0. The van der Waals surface area contributed by atoms with Crippen molar-refractivity contribution in [3.05, 3.63) is 94.0 Å². The Morgan fingerprint density at radius 1 is 0.953 bits per heavy atom. The van der Waals surface area contributed by atoms with Crippen molar-refractivity contribution in [3.8, 4) is 11.5 Å². The Labute approximate surface area is 252 Å². The number of aryl methyl sites for hydroxylation is 1. The Morgan fingerprint density at radius 2 is 1.81 bits per heavy atom. The molecule has 230 valence electrons. The van der Waals surface area contributed by atoms with E-state index in [1.807, 2.05) is 54.6 Å². The molecule has 0 spiro atoms. The average Bonchev–Trinajstić information content (AvgIpc) is 3.36. The standard InChI is InChI=1S/C34H42N2O7/c1-38-18-5-17-36-30-21-25(9-14-32(30)43-34(36)37)23-42-33-22-35-16-15-29(33)26-10-12-28(13-11-26)41-20-6-19-40-24-27-7-3-4-8-31(27)39-2/h3-4,7-14,21,29,33,35H,5-6,15-20,22-24H2,1-2H3/t29-,33+/m1/s1. The molecule has 1 N–H and O–H groups in total. The van der Waals surface area contributed by atoms with Crippen molar-refractivity contribution in [2.45, 2.75) is 51.0 Å². The molecule has 5 rings (SSSR count). The zero-order valence-corrected chi connectivity index (χ0v) is 25.1. The second-order valence-electron chi connectivity index (χ2n) is 10.8. The Balaban J connectivity index is 1.10. The molecule has 9 heteroatoms. The topological polar surface area (TPSA) is 93.3 Å². The van der Waals surface area contributed by atoms with Gasteiger partial charge in [0.15, 0.2) is 5.58 Å². The first-order chi connectivity index (χ1) is 21.2. The summed E-state index contributed by atoms with van der Waals surface area (Å²) in [5, 5.41) is 3.47. The number of aromatic nitrogens is 1. The van der Waals surface area contributed by atoms with Gasteiger partial charge in [-0.05, 0) is 60.8 Å². The first kappa shape index (κ1) is 30.8. The molecule has 2 heterocycles. The Bertz CT molecular complexity index is 1480. The minimum Gasteiger partial charge on any atom is -0.496 e. The third-order valence-corrected chi connectivity index (χ3v) is 7.81. The zero-order valence-electron chi connectivity index (χ0n) is 25.1. The SMILES string of the molecule is COCCCn1c(=O)oc2ccc(CO[C@H]3CNCC[C@@H]3c3ccc(OCCCOCc4ccccc4OC)cc3)cc21. The quantitative estimate of drug-likeness (QED) is 0.176. The highest BCUT2D eigenvalue weighted by Gasteiger charge is 2.27. The molecule has 2 atom stereocenters. The van der Waals surface area contributed by atoms with Gasteiger partial charge in [-0.25, -0.2) is 4.79 Å². The van der Waals surface area contributed by atoms with E-state index in [9.17, 15) is 4.79 Å². The lowest BCUT2D eigenvalue weighted by atomic mass is 9.87. The van der Waals surface area contributed by atoms with Gasteiger partial charge in [0.1, 0.15) is 11.5 Å². The van der Waals surface area contributed by atoms with Gasteiger partial charge in [-0.2, -0.15) is 0 Å². The fourth-order valence-electron chi connectivity index (χ4n) is 5.53. The Morgan fingerprint density at radius 3 is 2.65 bits per heavy atom. The van der Waals surface area contributed by atoms with Crippen LogP contribution in [0.1, 0.15) is 41.9 Å². The number of benzene rings is 3. The molecular formula is C34H42N2O7. The van der Waals surface area contributed by atoms with Crippen LogP contribution in [0.25, 0.3) is 11.1 Å². The summed E-state index contributed by atoms with van der Waals surface area (Å²) in [7, 11) is 3.33. The number of ether oxygens (including phenoxy) is 5. The van der Waals surface area contributed by atoms with Gasteiger partial charge in [-0.1, -0.05) is 36.4 Å². The number of rotatable bonds is 16. The van der Waals surface area contributed by atoms with Crippen molar-refractivity contribution in [3.63, 3.8) is 0 Å². The molecule has 0 amide bonds. The molecule has 1 aromatic heterocycles. The molecule has 1 fully saturated rings. The molecule has 3 aromatic carbocycles. The number of methoxy groups -OCH3 is 2. The summed E-state index contributed by atoms with van der Waals surface area (Å²) >= 11 is 0. The Hall–Kier alpha value is -3.63. The van der Waals surface area contributed by atoms with Crippen LogP contribution in [0.15, 0.2) is 75.9 Å². The number of oxazole rings is 1. The molecule has 43 heavy (non-hydrogen) atoms. The van der Waals surface area contributed by atoms with Crippen molar-refractivity contribution in [2.75, 3.05) is 47.1 Å². The molecule has 1 saturated heterocycles. The number of piperidine rings is 1. The highest BCUT2D eigenvalue weighted by Crippen LogP contribution is 2.30. The van der Waals surface area contributed by atoms with Crippen molar-refractivity contribution >= 4 is 11.1 Å². The van der Waals surface area contributed by atoms with Crippen LogP contribution in [0.4, 0.5) is 0 Å². The second-order valence-corrected chi connectivity index (χ2v) is 10.8. The molecular weight excluding hydrogens is 548 g/mol. The smallest absolute Gasteiger partial charge is 0.419 e. The number of nitrogens with one attached hydrogen (secondary N) is 1.